The summed E-state index contributed by atoms with van der Waals surface area (Å²) in [5, 5.41) is 6.85. The fourth-order valence-electron chi connectivity index (χ4n) is 3.41. The van der Waals surface area contributed by atoms with Crippen molar-refractivity contribution < 1.29 is 9.18 Å². The van der Waals surface area contributed by atoms with Crippen LogP contribution in [0.1, 0.15) is 59.4 Å². The van der Waals surface area contributed by atoms with Crippen molar-refractivity contribution in [3.8, 4) is 0 Å². The summed E-state index contributed by atoms with van der Waals surface area (Å²) in [6.07, 6.45) is 5.40. The van der Waals surface area contributed by atoms with Gasteiger partial charge in [-0.15, -0.1) is 0 Å². The lowest BCUT2D eigenvalue weighted by atomic mass is 9.93. The number of carbonyl (C=O) groups excluding carboxylic acids is 1. The van der Waals surface area contributed by atoms with Crippen LogP contribution in [0.5, 0.6) is 0 Å². The normalized spacial score (nSPS) is 15.5. The summed E-state index contributed by atoms with van der Waals surface area (Å²) in [7, 11) is 0. The Morgan fingerprint density at radius 3 is 2.62 bits per heavy atom. The Bertz CT molecular complexity index is 719. The zero-order valence-electron chi connectivity index (χ0n) is 14.3. The maximum absolute atomic E-state index is 14.3. The molecule has 0 aliphatic heterocycles. The van der Waals surface area contributed by atoms with Gasteiger partial charge in [-0.3, -0.25) is 9.89 Å². The third-order valence-corrected chi connectivity index (χ3v) is 4.76. The topological polar surface area (TPSA) is 49.0 Å². The number of H-pyrrole nitrogens is 1. The fraction of sp³-hybridized carbons (Fsp3) is 0.474. The van der Waals surface area contributed by atoms with E-state index in [1.165, 1.54) is 12.5 Å². The number of halogens is 1. The van der Waals surface area contributed by atoms with Gasteiger partial charge >= 0.3 is 0 Å². The molecule has 1 saturated carbocycles. The molecule has 1 aliphatic carbocycles. The van der Waals surface area contributed by atoms with Gasteiger partial charge in [0.15, 0.2) is 0 Å². The van der Waals surface area contributed by atoms with E-state index in [0.717, 1.165) is 36.9 Å². The summed E-state index contributed by atoms with van der Waals surface area (Å²) >= 11 is 0. The zero-order chi connectivity index (χ0) is 17.1. The van der Waals surface area contributed by atoms with Gasteiger partial charge in [-0.25, -0.2) is 4.39 Å². The van der Waals surface area contributed by atoms with Crippen LogP contribution in [0.15, 0.2) is 24.3 Å². The maximum Gasteiger partial charge on any atom is 0.272 e. The molecule has 3 rings (SSSR count). The van der Waals surface area contributed by atoms with Crippen molar-refractivity contribution in [2.24, 2.45) is 0 Å². The summed E-state index contributed by atoms with van der Waals surface area (Å²) in [4.78, 5) is 14.8. The van der Waals surface area contributed by atoms with Crippen LogP contribution in [0.4, 0.5) is 4.39 Å². The summed E-state index contributed by atoms with van der Waals surface area (Å²) in [6, 6.07) is 7.12. The van der Waals surface area contributed by atoms with Crippen molar-refractivity contribution in [1.82, 2.24) is 15.1 Å². The first-order chi connectivity index (χ1) is 11.5. The smallest absolute Gasteiger partial charge is 0.272 e. The molecule has 1 heterocycles. The summed E-state index contributed by atoms with van der Waals surface area (Å²) in [6.45, 7) is 4.01. The van der Waals surface area contributed by atoms with Gasteiger partial charge in [0, 0.05) is 18.2 Å². The Balaban J connectivity index is 1.87. The molecule has 1 fully saturated rings. The van der Waals surface area contributed by atoms with E-state index in [1.54, 1.807) is 12.1 Å². The predicted octanol–water partition coefficient (Wildman–Crippen LogP) is 4.14. The van der Waals surface area contributed by atoms with Crippen LogP contribution in [0.25, 0.3) is 0 Å². The predicted molar refractivity (Wildman–Crippen MR) is 91.2 cm³/mol. The number of hydrogen-bond acceptors (Lipinski definition) is 2. The third-order valence-electron chi connectivity index (χ3n) is 4.76. The first-order valence-corrected chi connectivity index (χ1v) is 8.62. The molecule has 4 nitrogen and oxygen atoms in total. The first kappa shape index (κ1) is 16.7. The monoisotopic (exact) mass is 329 g/mol. The molecular weight excluding hydrogens is 305 g/mol. The molecule has 5 heteroatoms. The highest BCUT2D eigenvalue weighted by atomic mass is 19.1. The van der Waals surface area contributed by atoms with Crippen LogP contribution in [0.2, 0.25) is 0 Å². The molecule has 1 aromatic heterocycles. The SMILES string of the molecule is Cc1ccc(CN(C(=O)c2cc(C)n[nH]2)C2CCCCC2)c(F)c1. The molecule has 1 N–H and O–H groups in total. The van der Waals surface area contributed by atoms with E-state index < -0.39 is 0 Å². The Kier molecular flexibility index (Phi) is 4.97. The number of nitrogens with one attached hydrogen (secondary N) is 1. The second kappa shape index (κ2) is 7.16. The van der Waals surface area contributed by atoms with E-state index >= 15 is 0 Å². The van der Waals surface area contributed by atoms with Crippen molar-refractivity contribution in [1.29, 1.82) is 0 Å². The van der Waals surface area contributed by atoms with Gasteiger partial charge in [0.2, 0.25) is 0 Å². The number of benzene rings is 1. The van der Waals surface area contributed by atoms with Crippen molar-refractivity contribution in [2.45, 2.75) is 58.5 Å². The fourth-order valence-corrected chi connectivity index (χ4v) is 3.41. The molecule has 0 spiro atoms. The molecule has 2 aromatic rings. The Hall–Kier alpha value is -2.17. The average Bonchev–Trinajstić information content (AvgIpc) is 3.01. The number of aromatic amines is 1. The molecular formula is C19H24FN3O. The van der Waals surface area contributed by atoms with Crippen LogP contribution in [0, 0.1) is 19.7 Å². The number of nitrogens with zero attached hydrogens (tertiary/aromatic N) is 2. The summed E-state index contributed by atoms with van der Waals surface area (Å²) in [5.74, 6) is -0.341. The van der Waals surface area contributed by atoms with E-state index in [0.29, 0.717) is 17.8 Å². The highest BCUT2D eigenvalue weighted by molar-refractivity contribution is 5.92. The number of aryl methyl sites for hydroxylation is 2. The van der Waals surface area contributed by atoms with E-state index in [9.17, 15) is 9.18 Å². The maximum atomic E-state index is 14.3. The van der Waals surface area contributed by atoms with Crippen molar-refractivity contribution in [3.05, 3.63) is 52.6 Å². The van der Waals surface area contributed by atoms with E-state index in [2.05, 4.69) is 10.2 Å². The van der Waals surface area contributed by atoms with Crippen LogP contribution in [-0.4, -0.2) is 27.0 Å². The summed E-state index contributed by atoms with van der Waals surface area (Å²) in [5.41, 5.74) is 2.71. The van der Waals surface area contributed by atoms with Gasteiger partial charge in [-0.05, 0) is 44.4 Å². The Morgan fingerprint density at radius 2 is 2.00 bits per heavy atom. The molecule has 0 saturated heterocycles. The highest BCUT2D eigenvalue weighted by Crippen LogP contribution is 2.26. The van der Waals surface area contributed by atoms with Crippen LogP contribution < -0.4 is 0 Å². The molecule has 1 aliphatic rings. The number of rotatable bonds is 4. The highest BCUT2D eigenvalue weighted by Gasteiger charge is 2.28. The van der Waals surface area contributed by atoms with Gasteiger partial charge in [-0.1, -0.05) is 31.4 Å². The average molecular weight is 329 g/mol. The molecule has 24 heavy (non-hydrogen) atoms. The van der Waals surface area contributed by atoms with Gasteiger partial charge in [-0.2, -0.15) is 5.10 Å². The van der Waals surface area contributed by atoms with Crippen molar-refractivity contribution in [2.75, 3.05) is 0 Å². The third kappa shape index (κ3) is 3.66. The molecule has 0 unspecified atom stereocenters. The lowest BCUT2D eigenvalue weighted by Gasteiger charge is -2.34. The number of amides is 1. The minimum absolute atomic E-state index is 0.0949. The zero-order valence-corrected chi connectivity index (χ0v) is 14.3. The van der Waals surface area contributed by atoms with Crippen molar-refractivity contribution >= 4 is 5.91 Å². The van der Waals surface area contributed by atoms with Gasteiger partial charge in [0.1, 0.15) is 11.5 Å². The lowest BCUT2D eigenvalue weighted by Crippen LogP contribution is -2.41. The van der Waals surface area contributed by atoms with Gasteiger partial charge in [0.05, 0.1) is 5.69 Å². The van der Waals surface area contributed by atoms with Crippen LogP contribution >= 0.6 is 0 Å². The quantitative estimate of drug-likeness (QED) is 0.916. The van der Waals surface area contributed by atoms with Gasteiger partial charge < -0.3 is 4.90 Å². The largest absolute Gasteiger partial charge is 0.330 e. The summed E-state index contributed by atoms with van der Waals surface area (Å²) < 4.78 is 14.3. The van der Waals surface area contributed by atoms with Gasteiger partial charge in [0.25, 0.3) is 5.91 Å². The number of aromatic nitrogens is 2. The second-order valence-corrected chi connectivity index (χ2v) is 6.74. The molecule has 1 aromatic carbocycles. The van der Waals surface area contributed by atoms with Crippen LogP contribution in [-0.2, 0) is 6.54 Å². The van der Waals surface area contributed by atoms with E-state index in [-0.39, 0.29) is 17.8 Å². The minimum Gasteiger partial charge on any atom is -0.330 e. The second-order valence-electron chi connectivity index (χ2n) is 6.74. The number of carbonyl (C=O) groups is 1. The molecule has 0 bridgehead atoms. The Morgan fingerprint density at radius 1 is 1.25 bits per heavy atom. The lowest BCUT2D eigenvalue weighted by molar-refractivity contribution is 0.0605. The van der Waals surface area contributed by atoms with E-state index in [4.69, 9.17) is 0 Å². The molecule has 1 amide bonds. The van der Waals surface area contributed by atoms with Crippen molar-refractivity contribution in [3.63, 3.8) is 0 Å². The Labute approximate surface area is 142 Å². The molecule has 0 atom stereocenters. The minimum atomic E-state index is -0.246. The van der Waals surface area contributed by atoms with E-state index in [1.807, 2.05) is 24.8 Å². The standard InChI is InChI=1S/C19H24FN3O/c1-13-8-9-15(17(20)10-13)12-23(16-6-4-3-5-7-16)19(24)18-11-14(2)21-22-18/h8-11,16H,3-7,12H2,1-2H3,(H,21,22). The number of hydrogen-bond donors (Lipinski definition) is 1. The molecule has 0 radical (unpaired) electrons. The first-order valence-electron chi connectivity index (χ1n) is 8.62. The molecule has 128 valence electrons. The van der Waals surface area contributed by atoms with Crippen LogP contribution in [0.3, 0.4) is 0 Å².